The molecule has 2 bridgehead atoms. The highest BCUT2D eigenvalue weighted by Crippen LogP contribution is 2.39. The van der Waals surface area contributed by atoms with E-state index in [1.807, 2.05) is 35.2 Å². The number of benzene rings is 2. The molecule has 10 rings (SSSR count). The highest BCUT2D eigenvalue weighted by molar-refractivity contribution is 6.23. The molecule has 254 valence electrons. The number of aliphatic imine (C=N–C) groups is 1. The Labute approximate surface area is 286 Å². The fourth-order valence-electron chi connectivity index (χ4n) is 8.41. The van der Waals surface area contributed by atoms with E-state index in [1.54, 1.807) is 6.21 Å². The Morgan fingerprint density at radius 1 is 0.820 bits per heavy atom. The number of hydrogen-bond donors (Lipinski definition) is 1. The van der Waals surface area contributed by atoms with Crippen LogP contribution >= 0.6 is 0 Å². The zero-order valence-electron chi connectivity index (χ0n) is 27.0. The Morgan fingerprint density at radius 2 is 1.58 bits per heavy atom. The molecule has 13 nitrogen and oxygen atoms in total. The van der Waals surface area contributed by atoms with E-state index in [0.29, 0.717) is 36.0 Å². The summed E-state index contributed by atoms with van der Waals surface area (Å²) in [5, 5.41) is 11.1. The second-order valence-corrected chi connectivity index (χ2v) is 14.0. The van der Waals surface area contributed by atoms with Crippen molar-refractivity contribution in [2.75, 3.05) is 42.5 Å². The molecule has 3 aromatic rings. The van der Waals surface area contributed by atoms with Gasteiger partial charge in [0.25, 0.3) is 17.7 Å². The summed E-state index contributed by atoms with van der Waals surface area (Å²) in [6.45, 7) is 3.97. The van der Waals surface area contributed by atoms with Crippen molar-refractivity contribution < 1.29 is 28.4 Å². The maximum Gasteiger partial charge on any atom is 0.277 e. The molecule has 0 saturated carbocycles. The number of rotatable bonds is 6. The second kappa shape index (κ2) is 11.6. The minimum atomic E-state index is -1.09. The summed E-state index contributed by atoms with van der Waals surface area (Å²) in [5.41, 5.74) is 3.27. The largest absolute Gasteiger partial charge is 0.366 e. The predicted octanol–water partition coefficient (Wildman–Crippen LogP) is 2.44. The van der Waals surface area contributed by atoms with E-state index in [9.17, 15) is 24.0 Å². The SMILES string of the molecule is O=C1CCC(N2C(=O)c3cc(F)c(N4CC5CC(C4)N5CC4CCN(c5ccc(-c6ccc7c(c6)C(=O)N=C7)nn5)CC4)cc3C2=O)C(=O)N1. The smallest absolute Gasteiger partial charge is 0.277 e. The van der Waals surface area contributed by atoms with Crippen LogP contribution in [0.25, 0.3) is 11.3 Å². The van der Waals surface area contributed by atoms with Crippen molar-refractivity contribution in [3.05, 3.63) is 70.5 Å². The molecular formula is C36H33FN8O5. The van der Waals surface area contributed by atoms with Gasteiger partial charge < -0.3 is 9.80 Å². The first-order valence-corrected chi connectivity index (χ1v) is 17.1. The van der Waals surface area contributed by atoms with Gasteiger partial charge in [0, 0.05) is 68.6 Å². The number of hydrogen-bond acceptors (Lipinski definition) is 10. The molecular weight excluding hydrogens is 643 g/mol. The van der Waals surface area contributed by atoms with Gasteiger partial charge in [0.15, 0.2) is 5.82 Å². The molecule has 3 unspecified atom stereocenters. The van der Waals surface area contributed by atoms with Gasteiger partial charge in [-0.05, 0) is 61.9 Å². The van der Waals surface area contributed by atoms with Crippen LogP contribution in [0.15, 0.2) is 47.5 Å². The van der Waals surface area contributed by atoms with Crippen LogP contribution in [0.2, 0.25) is 0 Å². The first-order chi connectivity index (χ1) is 24.2. The average molecular weight is 677 g/mol. The molecule has 14 heteroatoms. The summed E-state index contributed by atoms with van der Waals surface area (Å²) >= 11 is 0. The molecule has 7 aliphatic heterocycles. The van der Waals surface area contributed by atoms with Gasteiger partial charge in [0.2, 0.25) is 11.8 Å². The number of carbonyl (C=O) groups is 5. The predicted molar refractivity (Wildman–Crippen MR) is 179 cm³/mol. The van der Waals surface area contributed by atoms with Crippen LogP contribution in [-0.2, 0) is 9.59 Å². The number of nitrogens with zero attached hydrogens (tertiary/aromatic N) is 7. The zero-order chi connectivity index (χ0) is 34.3. The van der Waals surface area contributed by atoms with Gasteiger partial charge in [-0.1, -0.05) is 12.1 Å². The van der Waals surface area contributed by atoms with Crippen LogP contribution in [0, 0.1) is 11.7 Å². The van der Waals surface area contributed by atoms with E-state index in [-0.39, 0.29) is 42.0 Å². The van der Waals surface area contributed by atoms with Crippen molar-refractivity contribution in [2.45, 2.75) is 50.2 Å². The van der Waals surface area contributed by atoms with Crippen LogP contribution in [0.1, 0.15) is 68.7 Å². The van der Waals surface area contributed by atoms with Crippen molar-refractivity contribution in [1.29, 1.82) is 0 Å². The fraction of sp³-hybridized carbons (Fsp3) is 0.389. The van der Waals surface area contributed by atoms with E-state index < -0.39 is 35.5 Å². The summed E-state index contributed by atoms with van der Waals surface area (Å²) in [5.74, 6) is -1.92. The fourth-order valence-corrected chi connectivity index (χ4v) is 8.41. The minimum absolute atomic E-state index is 0.0247. The third-order valence-corrected chi connectivity index (χ3v) is 11.2. The van der Waals surface area contributed by atoms with Gasteiger partial charge in [-0.15, -0.1) is 10.2 Å². The number of anilines is 2. The Morgan fingerprint density at radius 3 is 2.30 bits per heavy atom. The molecule has 5 fully saturated rings. The molecule has 0 aliphatic carbocycles. The number of halogens is 1. The molecule has 3 atom stereocenters. The van der Waals surface area contributed by atoms with Gasteiger partial charge >= 0.3 is 0 Å². The third-order valence-electron chi connectivity index (χ3n) is 11.2. The zero-order valence-corrected chi connectivity index (χ0v) is 27.0. The van der Waals surface area contributed by atoms with Crippen LogP contribution in [0.4, 0.5) is 15.9 Å². The van der Waals surface area contributed by atoms with Gasteiger partial charge in [0.1, 0.15) is 11.9 Å². The number of fused-ring (bicyclic) bond motifs is 4. The highest BCUT2D eigenvalue weighted by Gasteiger charge is 2.48. The number of aromatic nitrogens is 2. The quantitative estimate of drug-likeness (QED) is 0.386. The Hall–Kier alpha value is -5.37. The monoisotopic (exact) mass is 676 g/mol. The third kappa shape index (κ3) is 4.99. The lowest BCUT2D eigenvalue weighted by Gasteiger charge is -2.58. The van der Waals surface area contributed by atoms with Crippen molar-refractivity contribution in [2.24, 2.45) is 10.9 Å². The van der Waals surface area contributed by atoms with Crippen molar-refractivity contribution in [3.8, 4) is 11.3 Å². The molecule has 8 heterocycles. The van der Waals surface area contributed by atoms with Crippen molar-refractivity contribution in [3.63, 3.8) is 0 Å². The Bertz CT molecular complexity index is 2010. The number of piperazine rings is 1. The topological polar surface area (TPSA) is 148 Å². The van der Waals surface area contributed by atoms with Crippen LogP contribution in [-0.4, -0.2) is 107 Å². The maximum absolute atomic E-state index is 15.5. The summed E-state index contributed by atoms with van der Waals surface area (Å²) in [4.78, 5) is 73.9. The molecule has 5 saturated heterocycles. The highest BCUT2D eigenvalue weighted by atomic mass is 19.1. The minimum Gasteiger partial charge on any atom is -0.366 e. The van der Waals surface area contributed by atoms with Gasteiger partial charge in [-0.25, -0.2) is 9.38 Å². The van der Waals surface area contributed by atoms with Gasteiger partial charge in [-0.3, -0.25) is 39.1 Å². The molecule has 50 heavy (non-hydrogen) atoms. The molecule has 7 aliphatic rings. The van der Waals surface area contributed by atoms with Crippen LogP contribution < -0.4 is 15.1 Å². The number of nitrogens with one attached hydrogen (secondary N) is 1. The molecule has 0 spiro atoms. The molecule has 2 aromatic carbocycles. The first kappa shape index (κ1) is 30.7. The lowest BCUT2D eigenvalue weighted by Crippen LogP contribution is -2.69. The molecule has 1 N–H and O–H groups in total. The van der Waals surface area contributed by atoms with E-state index in [2.05, 4.69) is 30.3 Å². The first-order valence-electron chi connectivity index (χ1n) is 17.1. The standard InChI is InChI=1S/C36H33FN8O5/c37-27-13-25-26(36(50)45(35(25)49)29-4-6-32(46)39-34(29)48)14-30(27)43-17-22-12-23(18-43)44(22)16-19-7-9-42(10-8-19)31-5-3-28(40-41-31)20-1-2-21-15-38-33(47)24(21)11-20/h1-3,5,11,13-15,19,22-23,29H,4,6-10,12,16-18H2,(H,39,46,48). The van der Waals surface area contributed by atoms with E-state index in [0.717, 1.165) is 66.8 Å². The van der Waals surface area contributed by atoms with Gasteiger partial charge in [0.05, 0.1) is 28.1 Å². The number of piperidine rings is 3. The van der Waals surface area contributed by atoms with E-state index in [1.165, 1.54) is 6.07 Å². The summed E-state index contributed by atoms with van der Waals surface area (Å²) in [6.07, 6.45) is 4.74. The van der Waals surface area contributed by atoms with Crippen LogP contribution in [0.5, 0.6) is 0 Å². The maximum atomic E-state index is 15.5. The number of amides is 5. The Balaban J connectivity index is 0.802. The lowest BCUT2D eigenvalue weighted by molar-refractivity contribution is -0.136. The summed E-state index contributed by atoms with van der Waals surface area (Å²) < 4.78 is 15.5. The average Bonchev–Trinajstić information content (AvgIpc) is 3.61. The normalized spacial score (nSPS) is 24.9. The Kier molecular flexibility index (Phi) is 7.12. The molecule has 0 radical (unpaired) electrons. The van der Waals surface area contributed by atoms with Crippen molar-refractivity contribution in [1.82, 2.24) is 25.3 Å². The van der Waals surface area contributed by atoms with Gasteiger partial charge in [-0.2, -0.15) is 0 Å². The molecule has 5 amide bonds. The van der Waals surface area contributed by atoms with Crippen molar-refractivity contribution >= 4 is 47.3 Å². The number of imide groups is 2. The lowest BCUT2D eigenvalue weighted by atomic mass is 9.84. The summed E-state index contributed by atoms with van der Waals surface area (Å²) in [6, 6.07) is 11.6. The summed E-state index contributed by atoms with van der Waals surface area (Å²) in [7, 11) is 0. The number of carbonyl (C=O) groups excluding carboxylic acids is 5. The van der Waals surface area contributed by atoms with E-state index in [4.69, 9.17) is 0 Å². The molecule has 1 aromatic heterocycles. The van der Waals surface area contributed by atoms with E-state index >= 15 is 4.39 Å². The second-order valence-electron chi connectivity index (χ2n) is 14.0. The van der Waals surface area contributed by atoms with Crippen LogP contribution in [0.3, 0.4) is 0 Å².